The maximum Gasteiger partial charge on any atom is 0.303 e. The normalized spacial score (nSPS) is 38.6. The first kappa shape index (κ1) is 10.6. The molecule has 1 aliphatic heterocycles. The predicted octanol–water partition coefficient (Wildman–Crippen LogP) is 1.38. The van der Waals surface area contributed by atoms with Gasteiger partial charge in [-0.3, -0.25) is 9.59 Å². The molecule has 0 bridgehead atoms. The van der Waals surface area contributed by atoms with Crippen molar-refractivity contribution >= 4 is 11.8 Å². The van der Waals surface area contributed by atoms with Gasteiger partial charge in [0.1, 0.15) is 6.10 Å². The van der Waals surface area contributed by atoms with Gasteiger partial charge in [-0.2, -0.15) is 0 Å². The lowest BCUT2D eigenvalue weighted by Gasteiger charge is -2.30. The monoisotopic (exact) mass is 212 g/mol. The Morgan fingerprint density at radius 1 is 1.67 bits per heavy atom. The first-order chi connectivity index (χ1) is 7.03. The first-order valence-electron chi connectivity index (χ1n) is 5.43. The molecule has 0 aromatic carbocycles. The van der Waals surface area contributed by atoms with E-state index in [1.165, 1.54) is 0 Å². The third-order valence-electron chi connectivity index (χ3n) is 3.58. The highest BCUT2D eigenvalue weighted by atomic mass is 16.6. The molecule has 1 N–H and O–H groups in total. The number of hydrogen-bond acceptors (Lipinski definition) is 3. The maximum absolute atomic E-state index is 11.3. The fraction of sp³-hybridized carbons (Fsp3) is 0.818. The van der Waals surface area contributed by atoms with Gasteiger partial charge in [0.25, 0.3) is 0 Å². The van der Waals surface area contributed by atoms with E-state index in [1.54, 1.807) is 0 Å². The number of hydrogen-bond donors (Lipinski definition) is 1. The fourth-order valence-electron chi connectivity index (χ4n) is 2.49. The van der Waals surface area contributed by atoms with Crippen molar-refractivity contribution in [2.45, 2.75) is 51.2 Å². The van der Waals surface area contributed by atoms with Crippen molar-refractivity contribution in [2.75, 3.05) is 0 Å². The predicted molar refractivity (Wildman–Crippen MR) is 52.5 cm³/mol. The highest BCUT2D eigenvalue weighted by Gasteiger charge is 2.58. The van der Waals surface area contributed by atoms with Crippen LogP contribution in [0, 0.1) is 5.41 Å². The Bertz CT molecular complexity index is 299. The average molecular weight is 212 g/mol. The van der Waals surface area contributed by atoms with E-state index in [4.69, 9.17) is 9.84 Å². The molecular formula is C11H16O4. The highest BCUT2D eigenvalue weighted by molar-refractivity contribution is 5.87. The molecule has 0 spiro atoms. The summed E-state index contributed by atoms with van der Waals surface area (Å²) in [5.74, 6) is -0.533. The van der Waals surface area contributed by atoms with Crippen LogP contribution in [-0.4, -0.2) is 29.1 Å². The summed E-state index contributed by atoms with van der Waals surface area (Å²) in [7, 11) is 0. The zero-order valence-electron chi connectivity index (χ0n) is 8.86. The minimum absolute atomic E-state index is 0.0219. The number of carboxylic acid groups (broad SMARTS) is 1. The molecule has 1 saturated heterocycles. The number of Topliss-reactive ketones (excluding diaryl/α,β-unsaturated/α-hetero) is 1. The summed E-state index contributed by atoms with van der Waals surface area (Å²) < 4.78 is 5.37. The van der Waals surface area contributed by atoms with Gasteiger partial charge in [-0.15, -0.1) is 0 Å². The topological polar surface area (TPSA) is 66.9 Å². The van der Waals surface area contributed by atoms with Crippen LogP contribution in [0.5, 0.6) is 0 Å². The zero-order chi connectivity index (χ0) is 11.1. The average Bonchev–Trinajstić information content (AvgIpc) is 2.92. The number of rotatable bonds is 4. The number of carbonyl (C=O) groups excluding carboxylic acids is 1. The molecule has 2 rings (SSSR count). The number of aliphatic carboxylic acids is 1. The molecule has 2 aliphatic rings. The van der Waals surface area contributed by atoms with Crippen molar-refractivity contribution in [2.24, 2.45) is 5.41 Å². The quantitative estimate of drug-likeness (QED) is 0.715. The Balaban J connectivity index is 1.86. The summed E-state index contributed by atoms with van der Waals surface area (Å²) in [5, 5.41) is 8.56. The van der Waals surface area contributed by atoms with Crippen molar-refractivity contribution in [1.29, 1.82) is 0 Å². The molecule has 4 heteroatoms. The van der Waals surface area contributed by atoms with Crippen LogP contribution in [0.2, 0.25) is 0 Å². The second kappa shape index (κ2) is 3.59. The van der Waals surface area contributed by atoms with E-state index < -0.39 is 5.97 Å². The molecule has 84 valence electrons. The number of carboxylic acids is 1. The zero-order valence-corrected chi connectivity index (χ0v) is 8.86. The van der Waals surface area contributed by atoms with Crippen LogP contribution < -0.4 is 0 Å². The van der Waals surface area contributed by atoms with E-state index in [0.29, 0.717) is 12.8 Å². The smallest absolute Gasteiger partial charge is 0.303 e. The Labute approximate surface area is 88.6 Å². The number of ether oxygens (including phenoxy) is 1. The van der Waals surface area contributed by atoms with Crippen molar-refractivity contribution in [3.63, 3.8) is 0 Å². The SMILES string of the molecule is C[C@@]1(CCCC(=O)O)CCC(=O)[C@@H]2O[C@@H]21. The number of carbonyl (C=O) groups is 2. The molecule has 0 aromatic rings. The lowest BCUT2D eigenvalue weighted by Crippen LogP contribution is -2.33. The summed E-state index contributed by atoms with van der Waals surface area (Å²) in [6.45, 7) is 2.10. The Morgan fingerprint density at radius 3 is 3.07 bits per heavy atom. The molecular weight excluding hydrogens is 196 g/mol. The largest absolute Gasteiger partial charge is 0.481 e. The Morgan fingerprint density at radius 2 is 2.40 bits per heavy atom. The van der Waals surface area contributed by atoms with Crippen molar-refractivity contribution in [1.82, 2.24) is 0 Å². The van der Waals surface area contributed by atoms with Crippen LogP contribution in [0.3, 0.4) is 0 Å². The molecule has 3 atom stereocenters. The maximum atomic E-state index is 11.3. The van der Waals surface area contributed by atoms with Crippen LogP contribution >= 0.6 is 0 Å². The third-order valence-corrected chi connectivity index (χ3v) is 3.58. The lowest BCUT2D eigenvalue weighted by atomic mass is 9.72. The molecule has 0 aromatic heterocycles. The molecule has 4 nitrogen and oxygen atoms in total. The molecule has 0 radical (unpaired) electrons. The minimum Gasteiger partial charge on any atom is -0.481 e. The van der Waals surface area contributed by atoms with E-state index in [-0.39, 0.29) is 29.8 Å². The van der Waals surface area contributed by atoms with E-state index in [9.17, 15) is 9.59 Å². The van der Waals surface area contributed by atoms with Gasteiger partial charge >= 0.3 is 5.97 Å². The van der Waals surface area contributed by atoms with Gasteiger partial charge < -0.3 is 9.84 Å². The van der Waals surface area contributed by atoms with Crippen LogP contribution in [-0.2, 0) is 14.3 Å². The lowest BCUT2D eigenvalue weighted by molar-refractivity contribution is -0.137. The van der Waals surface area contributed by atoms with Crippen molar-refractivity contribution < 1.29 is 19.4 Å². The van der Waals surface area contributed by atoms with Gasteiger partial charge in [0.2, 0.25) is 0 Å². The first-order valence-corrected chi connectivity index (χ1v) is 5.43. The molecule has 0 unspecified atom stereocenters. The molecule has 0 amide bonds. The molecule has 1 heterocycles. The summed E-state index contributed by atoms with van der Waals surface area (Å²) in [6, 6.07) is 0. The molecule has 1 saturated carbocycles. The summed E-state index contributed by atoms with van der Waals surface area (Å²) in [4.78, 5) is 21.7. The number of ketones is 1. The third kappa shape index (κ3) is 2.04. The fourth-order valence-corrected chi connectivity index (χ4v) is 2.49. The number of epoxide rings is 1. The second-order valence-corrected chi connectivity index (χ2v) is 4.84. The van der Waals surface area contributed by atoms with Gasteiger partial charge in [-0.25, -0.2) is 0 Å². The Hall–Kier alpha value is -0.900. The van der Waals surface area contributed by atoms with Gasteiger partial charge in [-0.1, -0.05) is 6.92 Å². The van der Waals surface area contributed by atoms with Crippen molar-refractivity contribution in [3.8, 4) is 0 Å². The number of fused-ring (bicyclic) bond motifs is 1. The van der Waals surface area contributed by atoms with Crippen LogP contribution in [0.1, 0.15) is 39.0 Å². The van der Waals surface area contributed by atoms with Gasteiger partial charge in [0.15, 0.2) is 5.78 Å². The van der Waals surface area contributed by atoms with Crippen LogP contribution in [0.25, 0.3) is 0 Å². The standard InChI is InChI=1S/C11H16O4/c1-11(5-2-3-8(13)14)6-4-7(12)9-10(11)15-9/h9-10H,2-6H2,1H3,(H,13,14)/t9-,10-,11+/m0/s1. The van der Waals surface area contributed by atoms with Crippen LogP contribution in [0.15, 0.2) is 0 Å². The second-order valence-electron chi connectivity index (χ2n) is 4.84. The van der Waals surface area contributed by atoms with Crippen LogP contribution in [0.4, 0.5) is 0 Å². The molecule has 2 fully saturated rings. The Kier molecular flexibility index (Phi) is 2.54. The highest BCUT2D eigenvalue weighted by Crippen LogP contribution is 2.49. The van der Waals surface area contributed by atoms with Crippen molar-refractivity contribution in [3.05, 3.63) is 0 Å². The van der Waals surface area contributed by atoms with E-state index >= 15 is 0 Å². The van der Waals surface area contributed by atoms with Gasteiger partial charge in [0, 0.05) is 12.8 Å². The summed E-state index contributed by atoms with van der Waals surface area (Å²) in [6.07, 6.45) is 3.04. The van der Waals surface area contributed by atoms with E-state index in [2.05, 4.69) is 6.92 Å². The van der Waals surface area contributed by atoms with Gasteiger partial charge in [-0.05, 0) is 24.7 Å². The minimum atomic E-state index is -0.751. The summed E-state index contributed by atoms with van der Waals surface area (Å²) in [5.41, 5.74) is 0.0219. The van der Waals surface area contributed by atoms with E-state index in [0.717, 1.165) is 12.8 Å². The van der Waals surface area contributed by atoms with E-state index in [1.807, 2.05) is 0 Å². The summed E-state index contributed by atoms with van der Waals surface area (Å²) >= 11 is 0. The molecule has 15 heavy (non-hydrogen) atoms. The van der Waals surface area contributed by atoms with Gasteiger partial charge in [0.05, 0.1) is 6.10 Å². The molecule has 1 aliphatic carbocycles.